The first-order valence-electron chi connectivity index (χ1n) is 16.4. The number of hydrogen-bond acceptors (Lipinski definition) is 8. The normalized spacial score (nSPS) is 22.0. The van der Waals surface area contributed by atoms with Crippen LogP contribution in [0.1, 0.15) is 76.1 Å². The van der Waals surface area contributed by atoms with Gasteiger partial charge in [0.1, 0.15) is 17.4 Å². The van der Waals surface area contributed by atoms with E-state index in [9.17, 15) is 14.4 Å². The zero-order chi connectivity index (χ0) is 35.1. The predicted octanol–water partition coefficient (Wildman–Crippen LogP) is 5.84. The molecule has 2 aliphatic rings. The Balaban J connectivity index is 1.29. The first-order chi connectivity index (χ1) is 23.3. The number of methoxy groups -OCH3 is 1. The number of benzene rings is 2. The lowest BCUT2D eigenvalue weighted by Gasteiger charge is -2.34. The second-order valence-electron chi connectivity index (χ2n) is 14.0. The van der Waals surface area contributed by atoms with Gasteiger partial charge in [0, 0.05) is 12.5 Å². The zero-order valence-corrected chi connectivity index (χ0v) is 29.0. The van der Waals surface area contributed by atoms with Crippen molar-refractivity contribution in [3.05, 3.63) is 89.4 Å². The van der Waals surface area contributed by atoms with Gasteiger partial charge in [-0.25, -0.2) is 4.79 Å². The number of aldehydes is 1. The van der Waals surface area contributed by atoms with Crippen molar-refractivity contribution in [2.45, 2.75) is 70.1 Å². The Morgan fingerprint density at radius 1 is 1.06 bits per heavy atom. The van der Waals surface area contributed by atoms with Gasteiger partial charge in [-0.1, -0.05) is 45.0 Å². The summed E-state index contributed by atoms with van der Waals surface area (Å²) in [7, 11) is 3.57. The number of urea groups is 1. The third kappa shape index (κ3) is 6.24. The molecule has 3 atom stereocenters. The van der Waals surface area contributed by atoms with Crippen LogP contribution in [0.2, 0.25) is 0 Å². The van der Waals surface area contributed by atoms with Gasteiger partial charge in [-0.05, 0) is 86.3 Å². The van der Waals surface area contributed by atoms with E-state index < -0.39 is 17.7 Å². The van der Waals surface area contributed by atoms with Crippen molar-refractivity contribution in [3.63, 3.8) is 0 Å². The van der Waals surface area contributed by atoms with Gasteiger partial charge >= 0.3 is 6.03 Å². The Hall–Kier alpha value is -5.23. The van der Waals surface area contributed by atoms with Gasteiger partial charge in [-0.3, -0.25) is 18.9 Å². The number of anilines is 2. The average molecular weight is 666 g/mol. The minimum Gasteiger partial charge on any atom is -0.492 e. The lowest BCUT2D eigenvalue weighted by Crippen LogP contribution is -2.49. The first kappa shape index (κ1) is 33.7. The molecule has 0 spiro atoms. The number of hydrogen-bond donors (Lipinski definition) is 3. The summed E-state index contributed by atoms with van der Waals surface area (Å²) >= 11 is 0. The summed E-state index contributed by atoms with van der Waals surface area (Å²) in [6.45, 7) is 10.7. The minimum atomic E-state index is -1.48. The number of carbonyl (C=O) groups excluding carboxylic acids is 3. The van der Waals surface area contributed by atoms with E-state index in [4.69, 9.17) is 9.47 Å². The fraction of sp³-hybridized carbons (Fsp3) is 0.378. The summed E-state index contributed by atoms with van der Waals surface area (Å²) in [5.41, 5.74) is 1.63. The third-order valence-electron chi connectivity index (χ3n) is 9.59. The number of aromatic nitrogens is 3. The predicted molar refractivity (Wildman–Crippen MR) is 187 cm³/mol. The number of fused-ring (bicyclic) bond motifs is 2. The van der Waals surface area contributed by atoms with Gasteiger partial charge in [0.2, 0.25) is 5.91 Å². The molecule has 1 fully saturated rings. The zero-order valence-electron chi connectivity index (χ0n) is 29.0. The number of nitrogens with zero attached hydrogens (tertiary/aromatic N) is 4. The Labute approximate surface area is 285 Å². The topological polar surface area (TPSA) is 139 Å². The lowest BCUT2D eigenvalue weighted by molar-refractivity contribution is -0.114. The van der Waals surface area contributed by atoms with E-state index in [1.807, 2.05) is 67.8 Å². The van der Waals surface area contributed by atoms with Crippen molar-refractivity contribution in [3.8, 4) is 11.5 Å². The molecule has 12 heteroatoms. The summed E-state index contributed by atoms with van der Waals surface area (Å²) in [5.74, 6) is 1.47. The molecule has 3 amide bonds. The number of ether oxygens (including phenoxy) is 2. The fourth-order valence-electron chi connectivity index (χ4n) is 6.73. The molecule has 49 heavy (non-hydrogen) atoms. The van der Waals surface area contributed by atoms with Gasteiger partial charge in [0.25, 0.3) is 0 Å². The van der Waals surface area contributed by atoms with Crippen LogP contribution in [0, 0.1) is 0 Å². The van der Waals surface area contributed by atoms with E-state index in [0.717, 1.165) is 42.0 Å². The second-order valence-corrected chi connectivity index (χ2v) is 14.0. The number of amides is 3. The van der Waals surface area contributed by atoms with Gasteiger partial charge in [-0.2, -0.15) is 0 Å². The van der Waals surface area contributed by atoms with Crippen LogP contribution < -0.4 is 25.4 Å². The molecule has 1 aliphatic heterocycles. The highest BCUT2D eigenvalue weighted by Crippen LogP contribution is 2.41. The smallest absolute Gasteiger partial charge is 0.320 e. The van der Waals surface area contributed by atoms with Crippen molar-refractivity contribution in [1.29, 1.82) is 0 Å². The van der Waals surface area contributed by atoms with Crippen LogP contribution in [0.5, 0.6) is 11.5 Å². The Morgan fingerprint density at radius 3 is 2.45 bits per heavy atom. The Kier molecular flexibility index (Phi) is 8.70. The maximum atomic E-state index is 13.7. The van der Waals surface area contributed by atoms with E-state index >= 15 is 0 Å². The quantitative estimate of drug-likeness (QED) is 0.158. The Morgan fingerprint density at radius 2 is 1.80 bits per heavy atom. The van der Waals surface area contributed by atoms with E-state index in [-0.39, 0.29) is 22.6 Å². The van der Waals surface area contributed by atoms with E-state index in [1.54, 1.807) is 24.3 Å². The highest BCUT2D eigenvalue weighted by atomic mass is 16.5. The van der Waals surface area contributed by atoms with Crippen molar-refractivity contribution >= 4 is 35.2 Å². The highest BCUT2D eigenvalue weighted by molar-refractivity contribution is 5.98. The molecule has 3 N–H and O–H groups in total. The fourth-order valence-corrected chi connectivity index (χ4v) is 6.73. The van der Waals surface area contributed by atoms with E-state index in [1.165, 1.54) is 14.0 Å². The standard InChI is InChI=1S/C37H43N7O5/c1-23(46)38-28-19-24(35(2,3)4)20-29(32(28)48-7)39-34(47)40-37(22-45)17-15-30(26-11-8-9-12-27(26)37)49-25-13-14-31-41-42-33(44(31)21-25)36(5)16-10-18-43(36)6/h8-9,11-15,17,19-22,30H,10,16,18H2,1-7H3,(H,38,46)(H2,39,40,47)/t30-,36+,37-/m1/s1. The molecule has 0 radical (unpaired) electrons. The minimum absolute atomic E-state index is 0.241. The molecule has 6 rings (SSSR count). The number of likely N-dealkylation sites (tertiary alicyclic amines) is 1. The number of nitrogens with one attached hydrogen (secondary N) is 3. The summed E-state index contributed by atoms with van der Waals surface area (Å²) in [5, 5.41) is 17.5. The highest BCUT2D eigenvalue weighted by Gasteiger charge is 2.41. The molecule has 3 heterocycles. The Bertz CT molecular complexity index is 1960. The molecule has 0 unspecified atom stereocenters. The third-order valence-corrected chi connectivity index (χ3v) is 9.59. The summed E-state index contributed by atoms with van der Waals surface area (Å²) in [6, 6.07) is 14.1. The molecule has 1 aliphatic carbocycles. The monoisotopic (exact) mass is 665 g/mol. The SMILES string of the molecule is COc1c(NC(C)=O)cc(C(C)(C)C)cc1NC(=O)N[C@@]1(C=O)C=C[C@@H](Oc2ccc3nnc([C@]4(C)CCCN4C)n3c2)c2ccccc21. The molecule has 0 saturated carbocycles. The molecular weight excluding hydrogens is 622 g/mol. The van der Waals surface area contributed by atoms with E-state index in [2.05, 4.69) is 45.0 Å². The number of rotatable bonds is 8. The van der Waals surface area contributed by atoms with Crippen LogP contribution in [-0.4, -0.2) is 58.4 Å². The van der Waals surface area contributed by atoms with Crippen LogP contribution in [0.15, 0.2) is 66.9 Å². The summed E-state index contributed by atoms with van der Waals surface area (Å²) in [4.78, 5) is 40.9. The number of pyridine rings is 1. The molecule has 256 valence electrons. The maximum absolute atomic E-state index is 13.7. The van der Waals surface area contributed by atoms with Crippen molar-refractivity contribution < 1.29 is 23.9 Å². The largest absolute Gasteiger partial charge is 0.492 e. The molecule has 4 aromatic rings. The lowest BCUT2D eigenvalue weighted by atomic mass is 9.81. The summed E-state index contributed by atoms with van der Waals surface area (Å²) in [6.07, 6.45) is 7.55. The van der Waals surface area contributed by atoms with Crippen LogP contribution in [0.25, 0.3) is 5.65 Å². The van der Waals surface area contributed by atoms with Crippen LogP contribution >= 0.6 is 0 Å². The van der Waals surface area contributed by atoms with Crippen LogP contribution in [0.4, 0.5) is 16.2 Å². The molecule has 2 aromatic heterocycles. The van der Waals surface area contributed by atoms with Gasteiger partial charge in [0.15, 0.2) is 23.5 Å². The molecular formula is C37H43N7O5. The summed E-state index contributed by atoms with van der Waals surface area (Å²) < 4.78 is 14.1. The van der Waals surface area contributed by atoms with Crippen molar-refractivity contribution in [2.24, 2.45) is 0 Å². The van der Waals surface area contributed by atoms with Crippen LogP contribution in [0.3, 0.4) is 0 Å². The van der Waals surface area contributed by atoms with Crippen LogP contribution in [-0.2, 0) is 26.1 Å². The maximum Gasteiger partial charge on any atom is 0.320 e. The average Bonchev–Trinajstić information content (AvgIpc) is 3.64. The van der Waals surface area contributed by atoms with Gasteiger partial charge < -0.3 is 25.4 Å². The second kappa shape index (κ2) is 12.7. The molecule has 1 saturated heterocycles. The van der Waals surface area contributed by atoms with Gasteiger partial charge in [0.05, 0.1) is 30.2 Å². The van der Waals surface area contributed by atoms with Crippen molar-refractivity contribution in [1.82, 2.24) is 24.8 Å². The first-order valence-corrected chi connectivity index (χ1v) is 16.4. The molecule has 12 nitrogen and oxygen atoms in total. The molecule has 0 bridgehead atoms. The number of carbonyl (C=O) groups is 3. The molecule has 2 aromatic carbocycles. The van der Waals surface area contributed by atoms with Crippen molar-refractivity contribution in [2.75, 3.05) is 31.3 Å². The van der Waals surface area contributed by atoms with Gasteiger partial charge in [-0.15, -0.1) is 10.2 Å². The van der Waals surface area contributed by atoms with E-state index in [0.29, 0.717) is 29.0 Å².